The highest BCUT2D eigenvalue weighted by atomic mass is 16.2. The predicted molar refractivity (Wildman–Crippen MR) is 61.6 cm³/mol. The first-order chi connectivity index (χ1) is 7.38. The maximum atomic E-state index is 11.8. The summed E-state index contributed by atoms with van der Waals surface area (Å²) >= 11 is 0. The monoisotopic (exact) mass is 223 g/mol. The van der Waals surface area contributed by atoms with Crippen molar-refractivity contribution in [2.45, 2.75) is 27.3 Å². The Morgan fingerprint density at radius 3 is 2.75 bits per heavy atom. The first-order valence-corrected chi connectivity index (χ1v) is 5.05. The predicted octanol–water partition coefficient (Wildman–Crippen LogP) is 0.173. The van der Waals surface area contributed by atoms with Gasteiger partial charge in [0.2, 0.25) is 5.91 Å². The minimum atomic E-state index is -0.716. The molecule has 16 heavy (non-hydrogen) atoms. The maximum absolute atomic E-state index is 11.8. The molecule has 1 heterocycles. The minimum absolute atomic E-state index is 0.0830. The number of nitrogens with one attached hydrogen (secondary N) is 1. The minimum Gasteiger partial charge on any atom is -0.314 e. The molecule has 0 saturated carbocycles. The van der Waals surface area contributed by atoms with E-state index in [0.717, 1.165) is 0 Å². The van der Waals surface area contributed by atoms with Gasteiger partial charge in [0.1, 0.15) is 0 Å². The summed E-state index contributed by atoms with van der Waals surface area (Å²) in [6.07, 6.45) is 1.67. The first kappa shape index (κ1) is 12.4. The Morgan fingerprint density at radius 1 is 1.56 bits per heavy atom. The molecule has 0 aromatic carbocycles. The van der Waals surface area contributed by atoms with Crippen LogP contribution in [0.15, 0.2) is 23.1 Å². The van der Waals surface area contributed by atoms with Gasteiger partial charge in [0.15, 0.2) is 0 Å². The van der Waals surface area contributed by atoms with E-state index < -0.39 is 5.41 Å². The molecule has 0 radical (unpaired) electrons. The molecule has 5 heteroatoms. The van der Waals surface area contributed by atoms with Gasteiger partial charge in [0, 0.05) is 18.3 Å². The van der Waals surface area contributed by atoms with Gasteiger partial charge in [-0.15, -0.1) is 0 Å². The van der Waals surface area contributed by atoms with E-state index in [-0.39, 0.29) is 11.5 Å². The zero-order valence-corrected chi connectivity index (χ0v) is 9.78. The first-order valence-electron chi connectivity index (χ1n) is 5.05. The molecule has 3 N–H and O–H groups in total. The average Bonchev–Trinajstić information content (AvgIpc) is 2.23. The van der Waals surface area contributed by atoms with E-state index in [1.54, 1.807) is 39.1 Å². The topological polar surface area (TPSA) is 77.1 Å². The quantitative estimate of drug-likeness (QED) is 0.436. The molecular weight excluding hydrogens is 206 g/mol. The summed E-state index contributed by atoms with van der Waals surface area (Å²) in [6, 6.07) is 3.53. The third kappa shape index (κ3) is 2.49. The highest BCUT2D eigenvalue weighted by Gasteiger charge is 2.27. The Morgan fingerprint density at radius 2 is 2.19 bits per heavy atom. The lowest BCUT2D eigenvalue weighted by molar-refractivity contribution is -0.130. The third-order valence-electron chi connectivity index (χ3n) is 2.52. The second-order valence-corrected chi connectivity index (χ2v) is 4.48. The summed E-state index contributed by atoms with van der Waals surface area (Å²) in [5.41, 5.74) is 1.97. The molecule has 1 aromatic heterocycles. The zero-order valence-electron chi connectivity index (χ0n) is 9.78. The molecule has 0 fully saturated rings. The molecule has 0 unspecified atom stereocenters. The van der Waals surface area contributed by atoms with Gasteiger partial charge in [-0.3, -0.25) is 15.0 Å². The van der Waals surface area contributed by atoms with Crippen molar-refractivity contribution < 1.29 is 4.79 Å². The molecule has 0 aliphatic heterocycles. The van der Waals surface area contributed by atoms with E-state index in [4.69, 9.17) is 5.84 Å². The van der Waals surface area contributed by atoms with Crippen LogP contribution in [0.3, 0.4) is 0 Å². The lowest BCUT2D eigenvalue weighted by Crippen LogP contribution is -2.44. The van der Waals surface area contributed by atoms with Crippen molar-refractivity contribution in [3.05, 3.63) is 34.2 Å². The van der Waals surface area contributed by atoms with Crippen molar-refractivity contribution in [1.82, 2.24) is 9.99 Å². The molecule has 1 aromatic rings. The van der Waals surface area contributed by atoms with E-state index in [1.807, 2.05) is 0 Å². The summed E-state index contributed by atoms with van der Waals surface area (Å²) in [6.45, 7) is 5.53. The fourth-order valence-corrected chi connectivity index (χ4v) is 1.47. The SMILES string of the molecule is Cc1cccn(CC(C)(C)C(=O)NN)c1=O. The van der Waals surface area contributed by atoms with E-state index in [0.29, 0.717) is 12.1 Å². The number of hydrogen-bond acceptors (Lipinski definition) is 3. The van der Waals surface area contributed by atoms with Crippen molar-refractivity contribution in [3.63, 3.8) is 0 Å². The van der Waals surface area contributed by atoms with Crippen LogP contribution < -0.4 is 16.8 Å². The van der Waals surface area contributed by atoms with Gasteiger partial charge in [-0.05, 0) is 26.8 Å². The van der Waals surface area contributed by atoms with Crippen molar-refractivity contribution in [2.75, 3.05) is 0 Å². The van der Waals surface area contributed by atoms with Gasteiger partial charge >= 0.3 is 0 Å². The molecular formula is C11H17N3O2. The van der Waals surface area contributed by atoms with Crippen LogP contribution in [0.25, 0.3) is 0 Å². The number of nitrogens with zero attached hydrogens (tertiary/aromatic N) is 1. The Hall–Kier alpha value is -1.62. The second kappa shape index (κ2) is 4.49. The Kier molecular flexibility index (Phi) is 3.49. The molecule has 0 bridgehead atoms. The molecule has 0 saturated heterocycles. The summed E-state index contributed by atoms with van der Waals surface area (Å²) in [7, 11) is 0. The summed E-state index contributed by atoms with van der Waals surface area (Å²) in [5, 5.41) is 0. The summed E-state index contributed by atoms with van der Waals surface area (Å²) < 4.78 is 1.52. The molecule has 0 spiro atoms. The van der Waals surface area contributed by atoms with Crippen molar-refractivity contribution in [3.8, 4) is 0 Å². The largest absolute Gasteiger partial charge is 0.314 e. The number of pyridine rings is 1. The van der Waals surface area contributed by atoms with Crippen molar-refractivity contribution >= 4 is 5.91 Å². The number of hydrogen-bond donors (Lipinski definition) is 2. The number of nitrogens with two attached hydrogens (primary N) is 1. The molecule has 0 atom stereocenters. The smallest absolute Gasteiger partial charge is 0.253 e. The third-order valence-corrected chi connectivity index (χ3v) is 2.52. The van der Waals surface area contributed by atoms with Gasteiger partial charge in [0.25, 0.3) is 5.56 Å². The van der Waals surface area contributed by atoms with Crippen molar-refractivity contribution in [1.29, 1.82) is 0 Å². The highest BCUT2D eigenvalue weighted by Crippen LogP contribution is 2.16. The van der Waals surface area contributed by atoms with E-state index in [9.17, 15) is 9.59 Å². The lowest BCUT2D eigenvalue weighted by atomic mass is 9.92. The number of amides is 1. The van der Waals surface area contributed by atoms with Crippen LogP contribution in [0, 0.1) is 12.3 Å². The Balaban J connectivity index is 3.01. The molecule has 88 valence electrons. The van der Waals surface area contributed by atoms with Crippen LogP contribution in [-0.4, -0.2) is 10.5 Å². The lowest BCUT2D eigenvalue weighted by Gasteiger charge is -2.23. The molecule has 1 amide bonds. The van der Waals surface area contributed by atoms with Crippen LogP contribution >= 0.6 is 0 Å². The fourth-order valence-electron chi connectivity index (χ4n) is 1.47. The number of aryl methyl sites for hydroxylation is 1. The maximum Gasteiger partial charge on any atom is 0.253 e. The normalized spacial score (nSPS) is 11.2. The molecule has 1 rings (SSSR count). The molecule has 5 nitrogen and oxygen atoms in total. The number of aromatic nitrogens is 1. The molecule has 0 aliphatic rings. The summed E-state index contributed by atoms with van der Waals surface area (Å²) in [4.78, 5) is 23.2. The standard InChI is InChI=1S/C11H17N3O2/c1-8-5-4-6-14(9(8)15)7-11(2,3)10(16)13-12/h4-6H,7,12H2,1-3H3,(H,13,16). The van der Waals surface area contributed by atoms with E-state index in [2.05, 4.69) is 5.43 Å². The summed E-state index contributed by atoms with van der Waals surface area (Å²) in [5.74, 6) is 4.80. The second-order valence-electron chi connectivity index (χ2n) is 4.48. The van der Waals surface area contributed by atoms with E-state index >= 15 is 0 Å². The number of carbonyl (C=O) groups is 1. The van der Waals surface area contributed by atoms with Gasteiger partial charge < -0.3 is 4.57 Å². The number of hydrazine groups is 1. The van der Waals surface area contributed by atoms with Gasteiger partial charge in [-0.2, -0.15) is 0 Å². The van der Waals surface area contributed by atoms with Crippen molar-refractivity contribution in [2.24, 2.45) is 11.3 Å². The Bertz CT molecular complexity index is 449. The number of rotatable bonds is 3. The van der Waals surface area contributed by atoms with Gasteiger partial charge in [-0.25, -0.2) is 5.84 Å². The van der Waals surface area contributed by atoms with Crippen LogP contribution in [-0.2, 0) is 11.3 Å². The van der Waals surface area contributed by atoms with Gasteiger partial charge in [-0.1, -0.05) is 6.07 Å². The van der Waals surface area contributed by atoms with Gasteiger partial charge in [0.05, 0.1) is 5.41 Å². The Labute approximate surface area is 94.2 Å². The van der Waals surface area contributed by atoms with Crippen LogP contribution in [0.2, 0.25) is 0 Å². The van der Waals surface area contributed by atoms with Crippen LogP contribution in [0.4, 0.5) is 0 Å². The van der Waals surface area contributed by atoms with E-state index in [1.165, 1.54) is 4.57 Å². The molecule has 0 aliphatic carbocycles. The number of carbonyl (C=O) groups excluding carboxylic acids is 1. The zero-order chi connectivity index (χ0) is 12.3. The highest BCUT2D eigenvalue weighted by molar-refractivity contribution is 5.81. The van der Waals surface area contributed by atoms with Crippen LogP contribution in [0.5, 0.6) is 0 Å². The fraction of sp³-hybridized carbons (Fsp3) is 0.455. The average molecular weight is 223 g/mol. The van der Waals surface area contributed by atoms with Crippen LogP contribution in [0.1, 0.15) is 19.4 Å².